The number of nitrogens with zero attached hydrogens (tertiary/aromatic N) is 1. The van der Waals surface area contributed by atoms with Gasteiger partial charge in [0.1, 0.15) is 11.5 Å². The van der Waals surface area contributed by atoms with Crippen molar-refractivity contribution in [2.45, 2.75) is 13.8 Å². The van der Waals surface area contributed by atoms with Gasteiger partial charge in [0.25, 0.3) is 5.91 Å². The number of amides is 1. The van der Waals surface area contributed by atoms with Crippen LogP contribution in [0.1, 0.15) is 27.4 Å². The fourth-order valence-electron chi connectivity index (χ4n) is 1.63. The van der Waals surface area contributed by atoms with E-state index < -0.39 is 0 Å². The summed E-state index contributed by atoms with van der Waals surface area (Å²) in [5.41, 5.74) is 3.89. The van der Waals surface area contributed by atoms with Gasteiger partial charge in [0, 0.05) is 4.47 Å². The molecule has 0 aliphatic carbocycles. The molecular formula is C14H13BrN2O2. The lowest BCUT2D eigenvalue weighted by atomic mass is 10.2. The van der Waals surface area contributed by atoms with E-state index in [1.807, 2.05) is 24.3 Å². The third-order valence-electron chi connectivity index (χ3n) is 2.54. The molecule has 1 heterocycles. The summed E-state index contributed by atoms with van der Waals surface area (Å²) in [7, 11) is 0. The summed E-state index contributed by atoms with van der Waals surface area (Å²) in [4.78, 5) is 11.8. The van der Waals surface area contributed by atoms with Crippen molar-refractivity contribution >= 4 is 28.1 Å². The van der Waals surface area contributed by atoms with E-state index in [1.54, 1.807) is 26.1 Å². The molecule has 19 heavy (non-hydrogen) atoms. The Hall–Kier alpha value is -1.88. The topological polar surface area (TPSA) is 54.6 Å². The van der Waals surface area contributed by atoms with Crippen LogP contribution >= 0.6 is 15.9 Å². The van der Waals surface area contributed by atoms with Gasteiger partial charge in [0.2, 0.25) is 0 Å². The van der Waals surface area contributed by atoms with Crippen molar-refractivity contribution in [3.8, 4) is 0 Å². The highest BCUT2D eigenvalue weighted by atomic mass is 79.9. The summed E-state index contributed by atoms with van der Waals surface area (Å²) >= 11 is 3.35. The molecule has 0 aliphatic rings. The van der Waals surface area contributed by atoms with Crippen LogP contribution in [-0.2, 0) is 0 Å². The molecule has 0 unspecified atom stereocenters. The highest BCUT2D eigenvalue weighted by Gasteiger charge is 2.12. The zero-order valence-corrected chi connectivity index (χ0v) is 12.2. The summed E-state index contributed by atoms with van der Waals surface area (Å²) < 4.78 is 6.29. The Morgan fingerprint density at radius 1 is 1.32 bits per heavy atom. The number of nitrogens with one attached hydrogen (secondary N) is 1. The van der Waals surface area contributed by atoms with Gasteiger partial charge in [0.15, 0.2) is 0 Å². The van der Waals surface area contributed by atoms with Crippen LogP contribution in [0.25, 0.3) is 0 Å². The van der Waals surface area contributed by atoms with Gasteiger partial charge in [-0.3, -0.25) is 4.79 Å². The van der Waals surface area contributed by atoms with Crippen LogP contribution in [0.5, 0.6) is 0 Å². The molecule has 4 nitrogen and oxygen atoms in total. The fourth-order valence-corrected chi connectivity index (χ4v) is 1.90. The SMILES string of the molecule is Cc1cc(C(=O)N/N=C\c2ccc(Br)cc2)c(C)o1. The number of benzene rings is 1. The van der Waals surface area contributed by atoms with Crippen molar-refractivity contribution < 1.29 is 9.21 Å². The molecule has 2 rings (SSSR count). The number of hydrogen-bond acceptors (Lipinski definition) is 3. The normalized spacial score (nSPS) is 10.9. The van der Waals surface area contributed by atoms with Crippen LogP contribution < -0.4 is 5.43 Å². The van der Waals surface area contributed by atoms with Crippen molar-refractivity contribution in [2.75, 3.05) is 0 Å². The molecule has 1 aromatic heterocycles. The first kappa shape index (κ1) is 13.5. The number of carbonyl (C=O) groups excluding carboxylic acids is 1. The van der Waals surface area contributed by atoms with Gasteiger partial charge in [0.05, 0.1) is 11.8 Å². The van der Waals surface area contributed by atoms with Crippen LogP contribution in [0.3, 0.4) is 0 Å². The van der Waals surface area contributed by atoms with Crippen LogP contribution in [0.2, 0.25) is 0 Å². The average molecular weight is 321 g/mol. The first-order chi connectivity index (χ1) is 9.06. The number of furan rings is 1. The van der Waals surface area contributed by atoms with E-state index in [9.17, 15) is 4.79 Å². The Balaban J connectivity index is 2.00. The van der Waals surface area contributed by atoms with Crippen LogP contribution in [0.15, 0.2) is 44.3 Å². The van der Waals surface area contributed by atoms with E-state index in [1.165, 1.54) is 0 Å². The highest BCUT2D eigenvalue weighted by Crippen LogP contribution is 2.13. The number of aryl methyl sites for hydroxylation is 2. The van der Waals surface area contributed by atoms with E-state index in [-0.39, 0.29) is 5.91 Å². The van der Waals surface area contributed by atoms with Crippen molar-refractivity contribution in [3.63, 3.8) is 0 Å². The largest absolute Gasteiger partial charge is 0.466 e. The van der Waals surface area contributed by atoms with Gasteiger partial charge in [-0.2, -0.15) is 5.10 Å². The smallest absolute Gasteiger partial charge is 0.274 e. The highest BCUT2D eigenvalue weighted by molar-refractivity contribution is 9.10. The molecule has 0 aliphatic heterocycles. The minimum atomic E-state index is -0.275. The van der Waals surface area contributed by atoms with E-state index in [4.69, 9.17) is 4.42 Å². The predicted octanol–water partition coefficient (Wildman–Crippen LogP) is 3.42. The van der Waals surface area contributed by atoms with Crippen molar-refractivity contribution in [1.29, 1.82) is 0 Å². The number of rotatable bonds is 3. The second kappa shape index (κ2) is 5.84. The minimum absolute atomic E-state index is 0.275. The molecule has 1 amide bonds. The predicted molar refractivity (Wildman–Crippen MR) is 77.4 cm³/mol. The van der Waals surface area contributed by atoms with E-state index in [0.29, 0.717) is 17.1 Å². The second-order valence-electron chi connectivity index (χ2n) is 4.08. The Morgan fingerprint density at radius 2 is 2.00 bits per heavy atom. The Labute approximate surface area is 119 Å². The molecule has 5 heteroatoms. The Kier molecular flexibility index (Phi) is 4.16. The molecule has 0 fully saturated rings. The monoisotopic (exact) mass is 320 g/mol. The van der Waals surface area contributed by atoms with Gasteiger partial charge in [-0.25, -0.2) is 5.43 Å². The number of carbonyl (C=O) groups is 1. The van der Waals surface area contributed by atoms with Crippen LogP contribution in [-0.4, -0.2) is 12.1 Å². The maximum atomic E-state index is 11.8. The average Bonchev–Trinajstić information content (AvgIpc) is 2.71. The van der Waals surface area contributed by atoms with Gasteiger partial charge < -0.3 is 4.42 Å². The quantitative estimate of drug-likeness (QED) is 0.696. The van der Waals surface area contributed by atoms with Gasteiger partial charge in [-0.1, -0.05) is 28.1 Å². The zero-order chi connectivity index (χ0) is 13.8. The third kappa shape index (κ3) is 3.54. The van der Waals surface area contributed by atoms with Gasteiger partial charge in [-0.15, -0.1) is 0 Å². The second-order valence-corrected chi connectivity index (χ2v) is 4.99. The van der Waals surface area contributed by atoms with E-state index in [2.05, 4.69) is 26.5 Å². The molecule has 1 N–H and O–H groups in total. The number of halogens is 1. The molecule has 0 saturated heterocycles. The van der Waals surface area contributed by atoms with Crippen molar-refractivity contribution in [3.05, 3.63) is 57.5 Å². The molecule has 1 aromatic carbocycles. The summed E-state index contributed by atoms with van der Waals surface area (Å²) in [5, 5.41) is 3.92. The molecule has 2 aromatic rings. The summed E-state index contributed by atoms with van der Waals surface area (Å²) in [6, 6.07) is 9.30. The first-order valence-electron chi connectivity index (χ1n) is 5.72. The van der Waals surface area contributed by atoms with Crippen molar-refractivity contribution in [1.82, 2.24) is 5.43 Å². The lowest BCUT2D eigenvalue weighted by Gasteiger charge is -1.97. The van der Waals surface area contributed by atoms with Gasteiger partial charge >= 0.3 is 0 Å². The first-order valence-corrected chi connectivity index (χ1v) is 6.51. The lowest BCUT2D eigenvalue weighted by molar-refractivity contribution is 0.0953. The molecule has 0 bridgehead atoms. The van der Waals surface area contributed by atoms with Crippen molar-refractivity contribution in [2.24, 2.45) is 5.10 Å². The van der Waals surface area contributed by atoms with Gasteiger partial charge in [-0.05, 0) is 37.6 Å². The molecule has 0 spiro atoms. The molecule has 98 valence electrons. The number of hydrazone groups is 1. The summed E-state index contributed by atoms with van der Waals surface area (Å²) in [6.45, 7) is 3.55. The fraction of sp³-hybridized carbons (Fsp3) is 0.143. The van der Waals surface area contributed by atoms with E-state index >= 15 is 0 Å². The Bertz CT molecular complexity index is 615. The lowest BCUT2D eigenvalue weighted by Crippen LogP contribution is -2.17. The van der Waals surface area contributed by atoms with E-state index in [0.717, 1.165) is 10.0 Å². The standard InChI is InChI=1S/C14H13BrN2O2/c1-9-7-13(10(2)19-9)14(18)17-16-8-11-3-5-12(15)6-4-11/h3-8H,1-2H3,(H,17,18)/b16-8-. The zero-order valence-electron chi connectivity index (χ0n) is 10.6. The molecule has 0 saturated carbocycles. The molecule has 0 atom stereocenters. The maximum Gasteiger partial charge on any atom is 0.274 e. The Morgan fingerprint density at radius 3 is 2.58 bits per heavy atom. The van der Waals surface area contributed by atoms with Crippen LogP contribution in [0.4, 0.5) is 0 Å². The maximum absolute atomic E-state index is 11.8. The molecular weight excluding hydrogens is 308 g/mol. The van der Waals surface area contributed by atoms with Crippen LogP contribution in [0, 0.1) is 13.8 Å². The number of hydrogen-bond donors (Lipinski definition) is 1. The third-order valence-corrected chi connectivity index (χ3v) is 3.06. The molecule has 0 radical (unpaired) electrons. The minimum Gasteiger partial charge on any atom is -0.466 e. The summed E-state index contributed by atoms with van der Waals surface area (Å²) in [6.07, 6.45) is 1.59. The summed E-state index contributed by atoms with van der Waals surface area (Å²) in [5.74, 6) is 1.02.